The molecular weight excluding hydrogens is 266 g/mol. The van der Waals surface area contributed by atoms with E-state index in [9.17, 15) is 0 Å². The van der Waals surface area contributed by atoms with Crippen LogP contribution in [-0.2, 0) is 13.0 Å². The number of halogens is 1. The van der Waals surface area contributed by atoms with E-state index >= 15 is 0 Å². The molecule has 1 heterocycles. The molecule has 0 spiro atoms. The molecule has 0 saturated heterocycles. The molecule has 0 bridgehead atoms. The van der Waals surface area contributed by atoms with Gasteiger partial charge in [0.2, 0.25) is 0 Å². The Balaban J connectivity index is 2.05. The van der Waals surface area contributed by atoms with E-state index in [1.807, 2.05) is 13.0 Å². The fraction of sp³-hybridized carbons (Fsp3) is 0.308. The van der Waals surface area contributed by atoms with Crippen LogP contribution in [0.4, 0.5) is 0 Å². The number of nitrogens with zero attached hydrogens (tertiary/aromatic N) is 3. The summed E-state index contributed by atoms with van der Waals surface area (Å²) in [5, 5.41) is 13.3. The van der Waals surface area contributed by atoms with Gasteiger partial charge < -0.3 is 9.26 Å². The maximum Gasteiger partial charge on any atom is 0.264 e. The summed E-state index contributed by atoms with van der Waals surface area (Å²) in [5.41, 5.74) is 0.415. The van der Waals surface area contributed by atoms with Gasteiger partial charge in [-0.15, -0.1) is 0 Å². The topological polar surface area (TPSA) is 71.9 Å². The molecule has 0 N–H and O–H groups in total. The second-order valence-corrected chi connectivity index (χ2v) is 4.33. The molecule has 0 aliphatic carbocycles. The Kier molecular flexibility index (Phi) is 4.37. The Morgan fingerprint density at radius 3 is 3.05 bits per heavy atom. The molecule has 2 rings (SSSR count). The van der Waals surface area contributed by atoms with Crippen molar-refractivity contribution in [2.24, 2.45) is 0 Å². The highest BCUT2D eigenvalue weighted by atomic mass is 35.5. The average Bonchev–Trinajstić information content (AvgIpc) is 2.85. The largest absolute Gasteiger partial charge is 0.482 e. The van der Waals surface area contributed by atoms with E-state index in [2.05, 4.69) is 10.1 Å². The van der Waals surface area contributed by atoms with Crippen molar-refractivity contribution in [3.05, 3.63) is 40.5 Å². The summed E-state index contributed by atoms with van der Waals surface area (Å²) in [6.07, 6.45) is 1.72. The van der Waals surface area contributed by atoms with Gasteiger partial charge in [0.05, 0.1) is 5.56 Å². The van der Waals surface area contributed by atoms with Crippen LogP contribution >= 0.6 is 11.6 Å². The van der Waals surface area contributed by atoms with Gasteiger partial charge >= 0.3 is 0 Å². The lowest BCUT2D eigenvalue weighted by Gasteiger charge is -2.05. The zero-order chi connectivity index (χ0) is 13.7. The number of hydrogen-bond acceptors (Lipinski definition) is 5. The molecular formula is C13H12ClN3O2. The monoisotopic (exact) mass is 277 g/mol. The number of aromatic nitrogens is 2. The normalized spacial score (nSPS) is 10.2. The van der Waals surface area contributed by atoms with Crippen LogP contribution < -0.4 is 4.74 Å². The first-order valence-corrected chi connectivity index (χ1v) is 6.24. The molecule has 1 aromatic carbocycles. The van der Waals surface area contributed by atoms with Crippen LogP contribution in [0.15, 0.2) is 22.7 Å². The predicted molar refractivity (Wildman–Crippen MR) is 68.8 cm³/mol. The van der Waals surface area contributed by atoms with Gasteiger partial charge in [0, 0.05) is 17.5 Å². The summed E-state index contributed by atoms with van der Waals surface area (Å²) in [4.78, 5) is 4.17. The molecule has 6 heteroatoms. The van der Waals surface area contributed by atoms with Crippen LogP contribution in [0.3, 0.4) is 0 Å². The Morgan fingerprint density at radius 2 is 2.32 bits per heavy atom. The lowest BCUT2D eigenvalue weighted by Crippen LogP contribution is -1.98. The van der Waals surface area contributed by atoms with Crippen LogP contribution in [-0.4, -0.2) is 10.1 Å². The van der Waals surface area contributed by atoms with Gasteiger partial charge in [0.1, 0.15) is 11.8 Å². The van der Waals surface area contributed by atoms with Gasteiger partial charge in [-0.3, -0.25) is 0 Å². The van der Waals surface area contributed by atoms with Crippen molar-refractivity contribution in [3.63, 3.8) is 0 Å². The number of hydrogen-bond donors (Lipinski definition) is 0. The van der Waals surface area contributed by atoms with E-state index in [1.165, 1.54) is 0 Å². The summed E-state index contributed by atoms with van der Waals surface area (Å²) in [6.45, 7) is 2.16. The van der Waals surface area contributed by atoms with Crippen molar-refractivity contribution in [1.82, 2.24) is 10.1 Å². The molecule has 98 valence electrons. The molecule has 0 atom stereocenters. The van der Waals surface area contributed by atoms with Crippen LogP contribution in [0.5, 0.6) is 5.75 Å². The fourth-order valence-electron chi connectivity index (χ4n) is 1.52. The van der Waals surface area contributed by atoms with Crippen LogP contribution in [0.25, 0.3) is 0 Å². The van der Waals surface area contributed by atoms with Gasteiger partial charge in [-0.2, -0.15) is 10.2 Å². The van der Waals surface area contributed by atoms with E-state index in [1.54, 1.807) is 18.2 Å². The lowest BCUT2D eigenvalue weighted by molar-refractivity contribution is 0.242. The van der Waals surface area contributed by atoms with E-state index in [0.717, 1.165) is 12.8 Å². The molecule has 0 aliphatic heterocycles. The second kappa shape index (κ2) is 6.21. The minimum Gasteiger partial charge on any atom is -0.482 e. The molecule has 0 amide bonds. The standard InChI is InChI=1S/C13H12ClN3O2/c1-2-3-12-16-13(19-17-12)8-18-11-6-10(14)5-4-9(11)7-15/h4-6H,2-3,8H2,1H3. The summed E-state index contributed by atoms with van der Waals surface area (Å²) >= 11 is 5.86. The number of rotatable bonds is 5. The SMILES string of the molecule is CCCc1noc(COc2cc(Cl)ccc2C#N)n1. The lowest BCUT2D eigenvalue weighted by atomic mass is 10.2. The minimum atomic E-state index is 0.117. The molecule has 5 nitrogen and oxygen atoms in total. The van der Waals surface area contributed by atoms with Crippen molar-refractivity contribution in [1.29, 1.82) is 5.26 Å². The molecule has 0 aliphatic rings. The maximum absolute atomic E-state index is 8.96. The van der Waals surface area contributed by atoms with Gasteiger partial charge in [-0.05, 0) is 18.6 Å². The van der Waals surface area contributed by atoms with Crippen molar-refractivity contribution in [2.45, 2.75) is 26.4 Å². The first-order valence-electron chi connectivity index (χ1n) is 5.87. The smallest absolute Gasteiger partial charge is 0.264 e. The number of aryl methyl sites for hydroxylation is 1. The summed E-state index contributed by atoms with van der Waals surface area (Å²) in [7, 11) is 0. The molecule has 0 fully saturated rings. The highest BCUT2D eigenvalue weighted by molar-refractivity contribution is 6.30. The highest BCUT2D eigenvalue weighted by Gasteiger charge is 2.09. The minimum absolute atomic E-state index is 0.117. The molecule has 0 radical (unpaired) electrons. The third-order valence-corrected chi connectivity index (χ3v) is 2.63. The molecule has 0 saturated carbocycles. The zero-order valence-electron chi connectivity index (χ0n) is 10.4. The third-order valence-electron chi connectivity index (χ3n) is 2.40. The Hall–Kier alpha value is -2.06. The average molecular weight is 278 g/mol. The Bertz CT molecular complexity index is 604. The van der Waals surface area contributed by atoms with Gasteiger partial charge in [0.15, 0.2) is 12.4 Å². The predicted octanol–water partition coefficient (Wildman–Crippen LogP) is 3.13. The summed E-state index contributed by atoms with van der Waals surface area (Å²) in [5.74, 6) is 1.45. The van der Waals surface area contributed by atoms with Crippen molar-refractivity contribution < 1.29 is 9.26 Å². The van der Waals surface area contributed by atoms with E-state index in [0.29, 0.717) is 28.1 Å². The quantitative estimate of drug-likeness (QED) is 0.839. The highest BCUT2D eigenvalue weighted by Crippen LogP contribution is 2.23. The number of nitriles is 1. The van der Waals surface area contributed by atoms with Crippen LogP contribution in [0, 0.1) is 11.3 Å². The van der Waals surface area contributed by atoms with Gasteiger partial charge in [-0.1, -0.05) is 23.7 Å². The first kappa shape index (κ1) is 13.4. The Labute approximate surface area is 115 Å². The van der Waals surface area contributed by atoms with E-state index in [-0.39, 0.29) is 6.61 Å². The molecule has 1 aromatic heterocycles. The van der Waals surface area contributed by atoms with E-state index < -0.39 is 0 Å². The number of ether oxygens (including phenoxy) is 1. The van der Waals surface area contributed by atoms with Crippen LogP contribution in [0.1, 0.15) is 30.6 Å². The zero-order valence-corrected chi connectivity index (χ0v) is 11.1. The third kappa shape index (κ3) is 3.46. The van der Waals surface area contributed by atoms with Gasteiger partial charge in [-0.25, -0.2) is 0 Å². The fourth-order valence-corrected chi connectivity index (χ4v) is 1.68. The van der Waals surface area contributed by atoms with E-state index in [4.69, 9.17) is 26.1 Å². The molecule has 0 unspecified atom stereocenters. The molecule has 2 aromatic rings. The Morgan fingerprint density at radius 1 is 1.47 bits per heavy atom. The molecule has 19 heavy (non-hydrogen) atoms. The van der Waals surface area contributed by atoms with Crippen LogP contribution in [0.2, 0.25) is 5.02 Å². The second-order valence-electron chi connectivity index (χ2n) is 3.90. The van der Waals surface area contributed by atoms with Gasteiger partial charge in [0.25, 0.3) is 5.89 Å². The van der Waals surface area contributed by atoms with Crippen molar-refractivity contribution in [2.75, 3.05) is 0 Å². The first-order chi connectivity index (χ1) is 9.22. The summed E-state index contributed by atoms with van der Waals surface area (Å²) < 4.78 is 10.5. The number of benzene rings is 1. The maximum atomic E-state index is 8.96. The summed E-state index contributed by atoms with van der Waals surface area (Å²) in [6, 6.07) is 6.86. The van der Waals surface area contributed by atoms with Crippen molar-refractivity contribution in [3.8, 4) is 11.8 Å². The van der Waals surface area contributed by atoms with Crippen molar-refractivity contribution >= 4 is 11.6 Å².